The van der Waals surface area contributed by atoms with Crippen LogP contribution in [0, 0.1) is 11.7 Å². The highest BCUT2D eigenvalue weighted by atomic mass is 35.5. The molecule has 128 valence electrons. The molecule has 0 saturated carbocycles. The average Bonchev–Trinajstić information content (AvgIpc) is 2.70. The molecule has 1 aromatic rings. The Hall–Kier alpha value is -0.730. The molecule has 2 saturated heterocycles. The Labute approximate surface area is 141 Å². The van der Waals surface area contributed by atoms with Gasteiger partial charge in [0.25, 0.3) is 0 Å². The Balaban J connectivity index is 1.81. The number of hydrogen-bond acceptors (Lipinski definition) is 4. The first-order valence-electron chi connectivity index (χ1n) is 7.55. The Morgan fingerprint density at radius 2 is 2.09 bits per heavy atom. The first-order chi connectivity index (χ1) is 10.8. The van der Waals surface area contributed by atoms with E-state index in [2.05, 4.69) is 4.90 Å². The highest BCUT2D eigenvalue weighted by Crippen LogP contribution is 2.23. The number of hydrogen-bond donors (Lipinski definition) is 0. The molecular formula is C15H20ClFN2O3S. The zero-order valence-corrected chi connectivity index (χ0v) is 14.5. The van der Waals surface area contributed by atoms with Gasteiger partial charge in [0.1, 0.15) is 5.82 Å². The first-order valence-corrected chi connectivity index (χ1v) is 9.53. The second-order valence-electron chi connectivity index (χ2n) is 6.31. The van der Waals surface area contributed by atoms with Crippen LogP contribution in [0.1, 0.15) is 5.56 Å². The molecule has 0 aromatic heterocycles. The summed E-state index contributed by atoms with van der Waals surface area (Å²) in [5.41, 5.74) is 0.147. The van der Waals surface area contributed by atoms with Crippen LogP contribution in [0.25, 0.3) is 0 Å². The molecule has 2 aliphatic rings. The molecule has 0 aliphatic carbocycles. The Kier molecular flexibility index (Phi) is 4.94. The quantitative estimate of drug-likeness (QED) is 0.819. The van der Waals surface area contributed by atoms with Gasteiger partial charge >= 0.3 is 0 Å². The molecular weight excluding hydrogens is 343 g/mol. The molecule has 2 heterocycles. The fraction of sp³-hybridized carbons (Fsp3) is 0.600. The van der Waals surface area contributed by atoms with Gasteiger partial charge in [0.2, 0.25) is 10.0 Å². The van der Waals surface area contributed by atoms with Crippen molar-refractivity contribution in [3.63, 3.8) is 0 Å². The van der Waals surface area contributed by atoms with Gasteiger partial charge in [-0.05, 0) is 19.2 Å². The van der Waals surface area contributed by atoms with E-state index in [1.165, 1.54) is 16.4 Å². The minimum Gasteiger partial charge on any atom is -0.379 e. The van der Waals surface area contributed by atoms with E-state index < -0.39 is 15.8 Å². The summed E-state index contributed by atoms with van der Waals surface area (Å²) in [6, 6.07) is 4.12. The fourth-order valence-corrected chi connectivity index (χ4v) is 4.97. The highest BCUT2D eigenvalue weighted by Gasteiger charge is 2.36. The maximum atomic E-state index is 13.9. The third-order valence-corrected chi connectivity index (χ3v) is 6.45. The summed E-state index contributed by atoms with van der Waals surface area (Å²) in [6.45, 7) is 2.69. The van der Waals surface area contributed by atoms with Crippen LogP contribution in [0.3, 0.4) is 0 Å². The predicted molar refractivity (Wildman–Crippen MR) is 86.3 cm³/mol. The molecule has 3 rings (SSSR count). The average molecular weight is 363 g/mol. The van der Waals surface area contributed by atoms with Gasteiger partial charge in [-0.15, -0.1) is 0 Å². The van der Waals surface area contributed by atoms with E-state index in [-0.39, 0.29) is 28.3 Å². The lowest BCUT2D eigenvalue weighted by atomic mass is 10.1. The maximum Gasteiger partial charge on any atom is 0.218 e. The third-order valence-electron chi connectivity index (χ3n) is 4.46. The van der Waals surface area contributed by atoms with Crippen molar-refractivity contribution in [2.45, 2.75) is 11.8 Å². The number of ether oxygens (including phenoxy) is 1. The summed E-state index contributed by atoms with van der Waals surface area (Å²) in [6.07, 6.45) is 0. The molecule has 5 nitrogen and oxygen atoms in total. The van der Waals surface area contributed by atoms with Gasteiger partial charge in [-0.3, -0.25) is 4.90 Å². The van der Waals surface area contributed by atoms with Crippen molar-refractivity contribution in [2.24, 2.45) is 5.92 Å². The van der Waals surface area contributed by atoms with Crippen molar-refractivity contribution < 1.29 is 17.5 Å². The van der Waals surface area contributed by atoms with Gasteiger partial charge in [-0.25, -0.2) is 12.8 Å². The van der Waals surface area contributed by atoms with E-state index in [9.17, 15) is 12.8 Å². The van der Waals surface area contributed by atoms with Crippen molar-refractivity contribution in [3.8, 4) is 0 Å². The van der Waals surface area contributed by atoms with Crippen LogP contribution in [0.4, 0.5) is 4.39 Å². The fourth-order valence-electron chi connectivity index (χ4n) is 3.16. The summed E-state index contributed by atoms with van der Waals surface area (Å²) in [5, 5.41) is 0.256. The largest absolute Gasteiger partial charge is 0.379 e. The lowest BCUT2D eigenvalue weighted by molar-refractivity contribution is 0.0727. The van der Waals surface area contributed by atoms with E-state index in [1.54, 1.807) is 0 Å². The van der Waals surface area contributed by atoms with Crippen LogP contribution >= 0.6 is 11.6 Å². The molecule has 2 bridgehead atoms. The SMILES string of the molecule is CN1C[C@H]2COC[C@@H]1CN(S(=O)(=O)Cc1ccc(Cl)cc1F)C2. The highest BCUT2D eigenvalue weighted by molar-refractivity contribution is 7.88. The predicted octanol–water partition coefficient (Wildman–Crippen LogP) is 1.57. The normalized spacial score (nSPS) is 26.9. The number of rotatable bonds is 3. The second-order valence-corrected chi connectivity index (χ2v) is 8.71. The van der Waals surface area contributed by atoms with Gasteiger partial charge in [-0.2, -0.15) is 4.31 Å². The molecule has 8 heteroatoms. The Bertz CT molecular complexity index is 685. The number of benzene rings is 1. The van der Waals surface area contributed by atoms with Crippen LogP contribution in [-0.4, -0.2) is 63.6 Å². The smallest absolute Gasteiger partial charge is 0.218 e. The number of likely N-dealkylation sites (N-methyl/N-ethyl adjacent to an activating group) is 1. The zero-order valence-electron chi connectivity index (χ0n) is 12.9. The molecule has 0 unspecified atom stereocenters. The minimum absolute atomic E-state index is 0.0346. The summed E-state index contributed by atoms with van der Waals surface area (Å²) in [4.78, 5) is 2.15. The van der Waals surface area contributed by atoms with Crippen LogP contribution in [0.15, 0.2) is 18.2 Å². The number of sulfonamides is 1. The number of halogens is 2. The van der Waals surface area contributed by atoms with Gasteiger partial charge in [0.05, 0.1) is 19.0 Å². The van der Waals surface area contributed by atoms with E-state index in [4.69, 9.17) is 16.3 Å². The van der Waals surface area contributed by atoms with Gasteiger partial charge in [0.15, 0.2) is 0 Å². The van der Waals surface area contributed by atoms with Gasteiger partial charge in [0, 0.05) is 42.2 Å². The molecule has 1 aromatic carbocycles. The molecule has 0 N–H and O–H groups in total. The molecule has 23 heavy (non-hydrogen) atoms. The lowest BCUT2D eigenvalue weighted by Crippen LogP contribution is -2.45. The summed E-state index contributed by atoms with van der Waals surface area (Å²) in [5.74, 6) is -0.797. The third kappa shape index (κ3) is 3.85. The molecule has 0 spiro atoms. The maximum absolute atomic E-state index is 13.9. The van der Waals surface area contributed by atoms with Crippen molar-refractivity contribution in [3.05, 3.63) is 34.6 Å². The standard InChI is InChI=1S/C15H20ClFN2O3S/c1-18-5-11-6-19(7-14(18)9-22-8-11)23(20,21)10-12-2-3-13(16)4-15(12)17/h2-4,11,14H,5-10H2,1H3/t11-,14+/m1/s1. The lowest BCUT2D eigenvalue weighted by Gasteiger charge is -2.29. The van der Waals surface area contributed by atoms with E-state index in [0.717, 1.165) is 12.6 Å². The van der Waals surface area contributed by atoms with Crippen molar-refractivity contribution >= 4 is 21.6 Å². The van der Waals surface area contributed by atoms with Crippen LogP contribution in [0.2, 0.25) is 5.02 Å². The number of nitrogens with zero attached hydrogens (tertiary/aromatic N) is 2. The van der Waals surface area contributed by atoms with Gasteiger partial charge < -0.3 is 4.74 Å². The molecule has 0 radical (unpaired) electrons. The Morgan fingerprint density at radius 3 is 2.83 bits per heavy atom. The summed E-state index contributed by atoms with van der Waals surface area (Å²) < 4.78 is 46.5. The first kappa shape index (κ1) is 17.1. The minimum atomic E-state index is -3.59. The van der Waals surface area contributed by atoms with Crippen molar-refractivity contribution in [1.29, 1.82) is 0 Å². The topological polar surface area (TPSA) is 49.9 Å². The van der Waals surface area contributed by atoms with Gasteiger partial charge in [-0.1, -0.05) is 17.7 Å². The number of fused-ring (bicyclic) bond motifs is 3. The molecule has 2 fully saturated rings. The van der Waals surface area contributed by atoms with Crippen LogP contribution in [-0.2, 0) is 20.5 Å². The van der Waals surface area contributed by atoms with Crippen LogP contribution < -0.4 is 0 Å². The summed E-state index contributed by atoms with van der Waals surface area (Å²) >= 11 is 5.72. The monoisotopic (exact) mass is 362 g/mol. The molecule has 0 amide bonds. The molecule has 2 aliphatic heterocycles. The summed E-state index contributed by atoms with van der Waals surface area (Å²) in [7, 11) is -1.61. The zero-order chi connectivity index (χ0) is 16.6. The second kappa shape index (κ2) is 6.64. The van der Waals surface area contributed by atoms with Crippen molar-refractivity contribution in [2.75, 3.05) is 39.9 Å². The molecule has 2 atom stereocenters. The van der Waals surface area contributed by atoms with E-state index >= 15 is 0 Å². The van der Waals surface area contributed by atoms with Crippen molar-refractivity contribution in [1.82, 2.24) is 9.21 Å². The van der Waals surface area contributed by atoms with Crippen LogP contribution in [0.5, 0.6) is 0 Å². The van der Waals surface area contributed by atoms with E-state index in [1.807, 2.05) is 7.05 Å². The van der Waals surface area contributed by atoms with E-state index in [0.29, 0.717) is 26.3 Å². The Morgan fingerprint density at radius 1 is 1.30 bits per heavy atom.